The number of aromatic nitrogens is 6. The Kier molecular flexibility index (Phi) is 4.68. The quantitative estimate of drug-likeness (QED) is 0.391. The number of pyridine rings is 1. The van der Waals surface area contributed by atoms with E-state index in [1.54, 1.807) is 18.5 Å². The summed E-state index contributed by atoms with van der Waals surface area (Å²) in [4.78, 5) is 12.8. The highest BCUT2D eigenvalue weighted by atomic mass is 32.2. The van der Waals surface area contributed by atoms with Gasteiger partial charge in [-0.15, -0.1) is 10.2 Å². The minimum Gasteiger partial charge on any atom is -0.269 e. The van der Waals surface area contributed by atoms with Crippen molar-refractivity contribution in [2.75, 3.05) is 0 Å². The summed E-state index contributed by atoms with van der Waals surface area (Å²) < 4.78 is 15.8. The zero-order chi connectivity index (χ0) is 20.5. The second kappa shape index (κ2) is 7.64. The first kappa shape index (κ1) is 18.4. The molecule has 3 heterocycles. The first-order chi connectivity index (χ1) is 14.7. The number of nitrogens with zero attached hydrogens (tertiary/aromatic N) is 6. The lowest BCUT2D eigenvalue weighted by Crippen LogP contribution is -2.02. The summed E-state index contributed by atoms with van der Waals surface area (Å²) in [6.07, 6.45) is 4.94. The molecular formula is C22H15FN6S. The van der Waals surface area contributed by atoms with Crippen LogP contribution in [0.5, 0.6) is 0 Å². The zero-order valence-electron chi connectivity index (χ0n) is 15.9. The van der Waals surface area contributed by atoms with Crippen LogP contribution in [0.2, 0.25) is 0 Å². The minimum absolute atomic E-state index is 0.337. The monoisotopic (exact) mass is 414 g/mol. The number of rotatable bonds is 4. The van der Waals surface area contributed by atoms with Crippen molar-refractivity contribution >= 4 is 22.7 Å². The van der Waals surface area contributed by atoms with E-state index in [-0.39, 0.29) is 5.82 Å². The predicted molar refractivity (Wildman–Crippen MR) is 113 cm³/mol. The molecule has 0 aliphatic carbocycles. The van der Waals surface area contributed by atoms with Gasteiger partial charge in [-0.25, -0.2) is 14.4 Å². The van der Waals surface area contributed by atoms with Crippen LogP contribution < -0.4 is 0 Å². The summed E-state index contributed by atoms with van der Waals surface area (Å²) in [6, 6.07) is 16.3. The lowest BCUT2D eigenvalue weighted by Gasteiger charge is -2.13. The smallest absolute Gasteiger partial charge is 0.202 e. The third-order valence-corrected chi connectivity index (χ3v) is 5.62. The number of fused-ring (bicyclic) bond motifs is 1. The first-order valence-corrected chi connectivity index (χ1v) is 10.0. The van der Waals surface area contributed by atoms with Crippen molar-refractivity contribution < 1.29 is 4.39 Å². The van der Waals surface area contributed by atoms with E-state index in [4.69, 9.17) is 0 Å². The number of hydrogen-bond acceptors (Lipinski definition) is 6. The Hall–Kier alpha value is -3.65. The van der Waals surface area contributed by atoms with Crippen LogP contribution >= 0.6 is 11.8 Å². The fourth-order valence-corrected chi connectivity index (χ4v) is 4.13. The minimum atomic E-state index is -0.337. The molecule has 0 bridgehead atoms. The molecule has 0 atom stereocenters. The molecule has 5 rings (SSSR count). The molecule has 0 N–H and O–H groups in total. The molecule has 0 fully saturated rings. The molecule has 0 unspecified atom stereocenters. The molecule has 0 radical (unpaired) electrons. The van der Waals surface area contributed by atoms with Gasteiger partial charge in [0.25, 0.3) is 0 Å². The van der Waals surface area contributed by atoms with E-state index >= 15 is 0 Å². The molecule has 0 amide bonds. The van der Waals surface area contributed by atoms with Crippen molar-refractivity contribution in [3.63, 3.8) is 0 Å². The molecule has 0 aliphatic heterocycles. The Balaban J connectivity index is 1.70. The van der Waals surface area contributed by atoms with E-state index < -0.39 is 0 Å². The zero-order valence-corrected chi connectivity index (χ0v) is 16.7. The van der Waals surface area contributed by atoms with Crippen molar-refractivity contribution in [1.82, 2.24) is 29.7 Å². The van der Waals surface area contributed by atoms with Gasteiger partial charge < -0.3 is 0 Å². The third-order valence-electron chi connectivity index (χ3n) is 4.66. The van der Waals surface area contributed by atoms with Gasteiger partial charge in [0, 0.05) is 23.3 Å². The Morgan fingerprint density at radius 1 is 0.967 bits per heavy atom. The highest BCUT2D eigenvalue weighted by molar-refractivity contribution is 7.99. The topological polar surface area (TPSA) is 69.4 Å². The van der Waals surface area contributed by atoms with Gasteiger partial charge in [0.2, 0.25) is 5.16 Å². The van der Waals surface area contributed by atoms with Crippen LogP contribution in [0.15, 0.2) is 83.5 Å². The third kappa shape index (κ3) is 3.31. The Bertz CT molecular complexity index is 1350. The van der Waals surface area contributed by atoms with Gasteiger partial charge in [-0.3, -0.25) is 9.55 Å². The van der Waals surface area contributed by atoms with Gasteiger partial charge in [-0.05, 0) is 60.6 Å². The van der Waals surface area contributed by atoms with Gasteiger partial charge in [-0.2, -0.15) is 0 Å². The molecule has 3 aromatic heterocycles. The van der Waals surface area contributed by atoms with Crippen molar-refractivity contribution in [2.24, 2.45) is 0 Å². The highest BCUT2D eigenvalue weighted by Gasteiger charge is 2.19. The SMILES string of the molecule is Cc1ccccc1-n1c(Sc2ncnc3ccc(F)cc23)nnc1-c1cccnc1. The number of para-hydroxylation sites is 1. The summed E-state index contributed by atoms with van der Waals surface area (Å²) in [5.41, 5.74) is 3.54. The van der Waals surface area contributed by atoms with E-state index in [1.165, 1.54) is 30.2 Å². The van der Waals surface area contributed by atoms with E-state index in [1.807, 2.05) is 47.9 Å². The maximum Gasteiger partial charge on any atom is 0.202 e. The van der Waals surface area contributed by atoms with Crippen LogP contribution in [0.1, 0.15) is 5.56 Å². The molecule has 0 aliphatic rings. The Labute approximate surface area is 175 Å². The maximum absolute atomic E-state index is 13.9. The maximum atomic E-state index is 13.9. The molecule has 8 heteroatoms. The standard InChI is InChI=1S/C22H15FN6S/c1-14-5-2-3-7-19(14)29-20(15-6-4-10-24-12-15)27-28-22(29)30-21-17-11-16(23)8-9-18(17)25-13-26-21/h2-13H,1H3. The lowest BCUT2D eigenvalue weighted by molar-refractivity contribution is 0.629. The van der Waals surface area contributed by atoms with Crippen LogP contribution in [-0.4, -0.2) is 29.7 Å². The molecule has 30 heavy (non-hydrogen) atoms. The Morgan fingerprint density at radius 3 is 2.70 bits per heavy atom. The average Bonchev–Trinajstić information content (AvgIpc) is 3.18. The Morgan fingerprint density at radius 2 is 1.87 bits per heavy atom. The normalized spacial score (nSPS) is 11.1. The summed E-state index contributed by atoms with van der Waals surface area (Å²) in [5.74, 6) is 0.333. The molecule has 6 nitrogen and oxygen atoms in total. The second-order valence-electron chi connectivity index (χ2n) is 6.61. The van der Waals surface area contributed by atoms with E-state index in [0.717, 1.165) is 16.8 Å². The van der Waals surface area contributed by atoms with Gasteiger partial charge in [-0.1, -0.05) is 18.2 Å². The molecule has 0 saturated carbocycles. The number of halogens is 1. The van der Waals surface area contributed by atoms with Gasteiger partial charge >= 0.3 is 0 Å². The van der Waals surface area contributed by atoms with E-state index in [0.29, 0.717) is 26.9 Å². The number of hydrogen-bond donors (Lipinski definition) is 0. The van der Waals surface area contributed by atoms with Crippen molar-refractivity contribution in [2.45, 2.75) is 17.1 Å². The van der Waals surface area contributed by atoms with E-state index in [9.17, 15) is 4.39 Å². The highest BCUT2D eigenvalue weighted by Crippen LogP contribution is 2.34. The van der Waals surface area contributed by atoms with Gasteiger partial charge in [0.15, 0.2) is 5.82 Å². The second-order valence-corrected chi connectivity index (χ2v) is 7.57. The fourth-order valence-electron chi connectivity index (χ4n) is 3.22. The summed E-state index contributed by atoms with van der Waals surface area (Å²) >= 11 is 1.32. The molecule has 5 aromatic rings. The van der Waals surface area contributed by atoms with Crippen molar-refractivity contribution in [1.29, 1.82) is 0 Å². The largest absolute Gasteiger partial charge is 0.269 e. The van der Waals surface area contributed by atoms with Gasteiger partial charge in [0.05, 0.1) is 11.2 Å². The summed E-state index contributed by atoms with van der Waals surface area (Å²) in [6.45, 7) is 2.03. The van der Waals surface area contributed by atoms with Crippen molar-refractivity contribution in [3.05, 3.63) is 84.7 Å². The molecule has 0 spiro atoms. The van der Waals surface area contributed by atoms with Crippen LogP contribution in [0.3, 0.4) is 0 Å². The summed E-state index contributed by atoms with van der Waals surface area (Å²) in [7, 11) is 0. The lowest BCUT2D eigenvalue weighted by atomic mass is 10.2. The van der Waals surface area contributed by atoms with Crippen molar-refractivity contribution in [3.8, 4) is 17.1 Å². The number of aryl methyl sites for hydroxylation is 1. The van der Waals surface area contributed by atoms with Crippen LogP contribution in [0.4, 0.5) is 4.39 Å². The van der Waals surface area contributed by atoms with Gasteiger partial charge in [0.1, 0.15) is 17.2 Å². The first-order valence-electron chi connectivity index (χ1n) is 9.20. The van der Waals surface area contributed by atoms with Crippen LogP contribution in [0, 0.1) is 12.7 Å². The molecular weight excluding hydrogens is 399 g/mol. The van der Waals surface area contributed by atoms with Crippen LogP contribution in [-0.2, 0) is 0 Å². The fraction of sp³-hybridized carbons (Fsp3) is 0.0455. The van der Waals surface area contributed by atoms with E-state index in [2.05, 4.69) is 25.1 Å². The molecule has 146 valence electrons. The summed E-state index contributed by atoms with van der Waals surface area (Å²) in [5, 5.41) is 10.7. The molecule has 2 aromatic carbocycles. The number of benzene rings is 2. The average molecular weight is 414 g/mol. The predicted octanol–water partition coefficient (Wildman–Crippen LogP) is 4.87. The molecule has 0 saturated heterocycles. The van der Waals surface area contributed by atoms with Crippen LogP contribution in [0.25, 0.3) is 28.0 Å².